The number of aromatic nitrogens is 2. The number of aryl methyl sites for hydroxylation is 1. The Morgan fingerprint density at radius 2 is 2.35 bits per heavy atom. The lowest BCUT2D eigenvalue weighted by molar-refractivity contribution is -0.127. The molecule has 1 aliphatic heterocycles. The van der Waals surface area contributed by atoms with E-state index in [2.05, 4.69) is 15.5 Å². The van der Waals surface area contributed by atoms with E-state index in [0.717, 1.165) is 0 Å². The maximum atomic E-state index is 12.5. The van der Waals surface area contributed by atoms with E-state index < -0.39 is 6.04 Å². The number of nitrogens with one attached hydrogen (secondary N) is 1. The van der Waals surface area contributed by atoms with Gasteiger partial charge in [0, 0.05) is 19.3 Å². The SMILES string of the molecule is Cc1noc2ncc(C(=O)N3CCNC(=O)C3C)cc12. The summed E-state index contributed by atoms with van der Waals surface area (Å²) in [6.07, 6.45) is 1.45. The molecular weight excluding hydrogens is 260 g/mol. The van der Waals surface area contributed by atoms with Gasteiger partial charge in [0.05, 0.1) is 16.6 Å². The highest BCUT2D eigenvalue weighted by Crippen LogP contribution is 2.18. The first-order chi connectivity index (χ1) is 9.58. The lowest BCUT2D eigenvalue weighted by Crippen LogP contribution is -2.55. The molecule has 3 rings (SSSR count). The Morgan fingerprint density at radius 1 is 1.55 bits per heavy atom. The van der Waals surface area contributed by atoms with Gasteiger partial charge in [-0.25, -0.2) is 4.98 Å². The summed E-state index contributed by atoms with van der Waals surface area (Å²) >= 11 is 0. The van der Waals surface area contributed by atoms with Crippen LogP contribution in [0.25, 0.3) is 11.1 Å². The number of carbonyl (C=O) groups excluding carboxylic acids is 2. The van der Waals surface area contributed by atoms with Gasteiger partial charge in [-0.1, -0.05) is 5.16 Å². The highest BCUT2D eigenvalue weighted by Gasteiger charge is 2.30. The maximum absolute atomic E-state index is 12.5. The summed E-state index contributed by atoms with van der Waals surface area (Å²) in [6, 6.07) is 1.23. The maximum Gasteiger partial charge on any atom is 0.257 e. The Hall–Kier alpha value is -2.44. The van der Waals surface area contributed by atoms with Crippen molar-refractivity contribution in [3.8, 4) is 0 Å². The first kappa shape index (κ1) is 12.6. The number of hydrogen-bond acceptors (Lipinski definition) is 5. The molecule has 3 heterocycles. The van der Waals surface area contributed by atoms with Gasteiger partial charge in [0.1, 0.15) is 6.04 Å². The van der Waals surface area contributed by atoms with Crippen molar-refractivity contribution in [3.63, 3.8) is 0 Å². The first-order valence-corrected chi connectivity index (χ1v) is 6.38. The van der Waals surface area contributed by atoms with E-state index in [1.165, 1.54) is 6.20 Å². The summed E-state index contributed by atoms with van der Waals surface area (Å²) in [5, 5.41) is 7.25. The van der Waals surface area contributed by atoms with E-state index >= 15 is 0 Å². The summed E-state index contributed by atoms with van der Waals surface area (Å²) < 4.78 is 5.02. The van der Waals surface area contributed by atoms with Crippen LogP contribution in [0.4, 0.5) is 0 Å². The van der Waals surface area contributed by atoms with Crippen LogP contribution in [0.1, 0.15) is 23.0 Å². The minimum Gasteiger partial charge on any atom is -0.353 e. The zero-order chi connectivity index (χ0) is 14.3. The summed E-state index contributed by atoms with van der Waals surface area (Å²) in [6.45, 7) is 4.46. The summed E-state index contributed by atoms with van der Waals surface area (Å²) in [4.78, 5) is 29.7. The van der Waals surface area contributed by atoms with Crippen LogP contribution in [0.2, 0.25) is 0 Å². The third kappa shape index (κ3) is 1.91. The summed E-state index contributed by atoms with van der Waals surface area (Å²) in [7, 11) is 0. The van der Waals surface area contributed by atoms with Crippen LogP contribution in [0.15, 0.2) is 16.8 Å². The van der Waals surface area contributed by atoms with Gasteiger partial charge in [-0.2, -0.15) is 0 Å². The van der Waals surface area contributed by atoms with Crippen LogP contribution in [-0.4, -0.2) is 46.0 Å². The Labute approximate surface area is 114 Å². The molecule has 0 bridgehead atoms. The van der Waals surface area contributed by atoms with Crippen LogP contribution < -0.4 is 5.32 Å². The molecule has 0 spiro atoms. The molecule has 0 radical (unpaired) electrons. The van der Waals surface area contributed by atoms with E-state index in [9.17, 15) is 9.59 Å². The molecule has 1 atom stereocenters. The minimum atomic E-state index is -0.476. The van der Waals surface area contributed by atoms with Crippen molar-refractivity contribution in [3.05, 3.63) is 23.5 Å². The van der Waals surface area contributed by atoms with Gasteiger partial charge in [-0.3, -0.25) is 9.59 Å². The fraction of sp³-hybridized carbons (Fsp3) is 0.385. The lowest BCUT2D eigenvalue weighted by Gasteiger charge is -2.32. The molecule has 2 amide bonds. The van der Waals surface area contributed by atoms with Crippen LogP contribution in [-0.2, 0) is 4.79 Å². The third-order valence-corrected chi connectivity index (χ3v) is 3.52. The van der Waals surface area contributed by atoms with Crippen molar-refractivity contribution in [2.45, 2.75) is 19.9 Å². The smallest absolute Gasteiger partial charge is 0.257 e. The van der Waals surface area contributed by atoms with Gasteiger partial charge in [-0.05, 0) is 19.9 Å². The van der Waals surface area contributed by atoms with Gasteiger partial charge in [0.25, 0.3) is 11.6 Å². The predicted molar refractivity (Wildman–Crippen MR) is 70.0 cm³/mol. The van der Waals surface area contributed by atoms with E-state index in [0.29, 0.717) is 35.4 Å². The molecule has 104 valence electrons. The topological polar surface area (TPSA) is 88.3 Å². The number of hydrogen-bond donors (Lipinski definition) is 1. The van der Waals surface area contributed by atoms with Gasteiger partial charge in [0.2, 0.25) is 5.91 Å². The van der Waals surface area contributed by atoms with E-state index in [-0.39, 0.29) is 11.8 Å². The number of amides is 2. The number of fused-ring (bicyclic) bond motifs is 1. The summed E-state index contributed by atoms with van der Waals surface area (Å²) in [5.41, 5.74) is 1.53. The molecule has 20 heavy (non-hydrogen) atoms. The molecule has 1 aliphatic rings. The van der Waals surface area contributed by atoms with E-state index in [1.807, 2.05) is 0 Å². The summed E-state index contributed by atoms with van der Waals surface area (Å²) in [5.74, 6) is -0.345. The van der Waals surface area contributed by atoms with Crippen LogP contribution in [0, 0.1) is 6.92 Å². The zero-order valence-electron chi connectivity index (χ0n) is 11.2. The molecule has 1 N–H and O–H groups in total. The Kier molecular flexibility index (Phi) is 2.89. The van der Waals surface area contributed by atoms with Crippen LogP contribution in [0.3, 0.4) is 0 Å². The highest BCUT2D eigenvalue weighted by atomic mass is 16.5. The Morgan fingerprint density at radius 3 is 3.15 bits per heavy atom. The van der Waals surface area contributed by atoms with Crippen molar-refractivity contribution in [2.24, 2.45) is 0 Å². The second-order valence-corrected chi connectivity index (χ2v) is 4.81. The van der Waals surface area contributed by atoms with Gasteiger partial charge < -0.3 is 14.7 Å². The van der Waals surface area contributed by atoms with E-state index in [4.69, 9.17) is 4.52 Å². The van der Waals surface area contributed by atoms with Gasteiger partial charge in [0.15, 0.2) is 0 Å². The molecular formula is C13H14N4O3. The molecule has 1 saturated heterocycles. The van der Waals surface area contributed by atoms with Crippen molar-refractivity contribution in [1.82, 2.24) is 20.4 Å². The molecule has 1 unspecified atom stereocenters. The van der Waals surface area contributed by atoms with Crippen molar-refractivity contribution >= 4 is 22.9 Å². The highest BCUT2D eigenvalue weighted by molar-refractivity contribution is 5.99. The number of carbonyl (C=O) groups is 2. The largest absolute Gasteiger partial charge is 0.353 e. The number of pyridine rings is 1. The molecule has 1 fully saturated rings. The number of piperazine rings is 1. The van der Waals surface area contributed by atoms with Crippen molar-refractivity contribution in [1.29, 1.82) is 0 Å². The first-order valence-electron chi connectivity index (χ1n) is 6.38. The molecule has 0 saturated carbocycles. The van der Waals surface area contributed by atoms with Crippen LogP contribution in [0.5, 0.6) is 0 Å². The second-order valence-electron chi connectivity index (χ2n) is 4.81. The van der Waals surface area contributed by atoms with Crippen molar-refractivity contribution < 1.29 is 14.1 Å². The number of nitrogens with zero attached hydrogens (tertiary/aromatic N) is 3. The fourth-order valence-electron chi connectivity index (χ4n) is 2.29. The third-order valence-electron chi connectivity index (χ3n) is 3.52. The molecule has 2 aromatic heterocycles. The van der Waals surface area contributed by atoms with Crippen LogP contribution >= 0.6 is 0 Å². The fourth-order valence-corrected chi connectivity index (χ4v) is 2.29. The second kappa shape index (κ2) is 4.59. The minimum absolute atomic E-state index is 0.139. The van der Waals surface area contributed by atoms with Gasteiger partial charge in [-0.15, -0.1) is 0 Å². The molecule has 7 nitrogen and oxygen atoms in total. The van der Waals surface area contributed by atoms with E-state index in [1.54, 1.807) is 24.8 Å². The molecule has 7 heteroatoms. The normalized spacial score (nSPS) is 19.2. The predicted octanol–water partition coefficient (Wildman–Crippen LogP) is 0.492. The standard InChI is InChI=1S/C13H14N4O3/c1-7-10-5-9(6-15-12(10)20-16-7)13(19)17-4-3-14-11(18)8(17)2/h5-6,8H,3-4H2,1-2H3,(H,14,18). The number of rotatable bonds is 1. The molecule has 0 aliphatic carbocycles. The zero-order valence-corrected chi connectivity index (χ0v) is 11.2. The molecule has 0 aromatic carbocycles. The average Bonchev–Trinajstić information content (AvgIpc) is 2.82. The monoisotopic (exact) mass is 274 g/mol. The van der Waals surface area contributed by atoms with Gasteiger partial charge >= 0.3 is 0 Å². The average molecular weight is 274 g/mol. The molecule has 2 aromatic rings. The Balaban J connectivity index is 1.95. The lowest BCUT2D eigenvalue weighted by atomic mass is 10.1. The van der Waals surface area contributed by atoms with Crippen molar-refractivity contribution in [2.75, 3.05) is 13.1 Å². The quantitative estimate of drug-likeness (QED) is 0.817. The Bertz CT molecular complexity index is 694.